The molecule has 0 radical (unpaired) electrons. The number of esters is 4. The van der Waals surface area contributed by atoms with Crippen molar-refractivity contribution in [2.75, 3.05) is 39.6 Å². The Kier molecular flexibility index (Phi) is 78.2. The predicted octanol–water partition coefficient (Wildman–Crippen LogP) is 26.8. The van der Waals surface area contributed by atoms with Crippen molar-refractivity contribution in [1.29, 1.82) is 0 Å². The predicted molar refractivity (Wildman–Crippen MR) is 437 cm³/mol. The van der Waals surface area contributed by atoms with Crippen LogP contribution in [0.3, 0.4) is 0 Å². The Morgan fingerprint density at radius 3 is 0.642 bits per heavy atom. The van der Waals surface area contributed by atoms with E-state index in [2.05, 4.69) is 34.6 Å². The number of unbranched alkanes of at least 4 members (excludes halogenated alkanes) is 59. The zero-order chi connectivity index (χ0) is 77.6. The molecule has 0 fully saturated rings. The average Bonchev–Trinajstić information content (AvgIpc) is 0.933. The minimum Gasteiger partial charge on any atom is -0.462 e. The molecule has 0 aliphatic rings. The molecule has 0 saturated heterocycles. The van der Waals surface area contributed by atoms with E-state index in [4.69, 9.17) is 37.0 Å². The molecule has 0 heterocycles. The number of phosphoric acid groups is 2. The zero-order valence-electron chi connectivity index (χ0n) is 69.6. The molecule has 0 aromatic heterocycles. The summed E-state index contributed by atoms with van der Waals surface area (Å²) in [6, 6.07) is 0. The lowest BCUT2D eigenvalue weighted by Gasteiger charge is -2.21. The molecule has 19 heteroatoms. The Morgan fingerprint density at radius 1 is 0.255 bits per heavy atom. The second-order valence-electron chi connectivity index (χ2n) is 31.8. The standard InChI is InChI=1S/C87H170O17P2/c1-6-9-12-15-18-21-24-27-29-31-33-35-37-39-41-46-51-56-61-66-71-85(90)98-77-82(103-86(91)72-67-62-57-52-47-42-40-38-36-34-32-30-28-25-22-19-16-13-10-7-2)78-101-105(93,94)99-74-81(88)75-100-106(95,96)102-79-83(76-97-84(89)70-65-60-55-50-45-26-23-20-17-14-11-8-3)104-87(92)73-68-63-58-53-48-43-44-49-54-59-64-69-80(4)5/h80-83,88H,6-79H2,1-5H3,(H,93,94)(H,95,96)/t81-,82-,83-/m1/s1. The van der Waals surface area contributed by atoms with Crippen LogP contribution in [-0.4, -0.2) is 96.7 Å². The third-order valence-corrected chi connectivity index (χ3v) is 22.4. The molecular weight excluding hydrogens is 1380 g/mol. The number of rotatable bonds is 87. The monoisotopic (exact) mass is 1550 g/mol. The number of phosphoric ester groups is 2. The van der Waals surface area contributed by atoms with Gasteiger partial charge in [0, 0.05) is 25.7 Å². The molecule has 0 saturated carbocycles. The number of aliphatic hydroxyl groups is 1. The molecule has 0 aromatic carbocycles. The molecule has 5 atom stereocenters. The van der Waals surface area contributed by atoms with Crippen LogP contribution in [-0.2, 0) is 65.4 Å². The lowest BCUT2D eigenvalue weighted by atomic mass is 10.0. The van der Waals surface area contributed by atoms with Crippen LogP contribution < -0.4 is 0 Å². The summed E-state index contributed by atoms with van der Waals surface area (Å²) in [5.74, 6) is -1.33. The van der Waals surface area contributed by atoms with Crippen LogP contribution >= 0.6 is 15.6 Å². The molecular formula is C87H170O17P2. The van der Waals surface area contributed by atoms with Crippen LogP contribution in [0.1, 0.15) is 471 Å². The molecule has 0 aromatic rings. The van der Waals surface area contributed by atoms with Crippen molar-refractivity contribution in [2.24, 2.45) is 5.92 Å². The first-order valence-corrected chi connectivity index (χ1v) is 48.1. The highest BCUT2D eigenvalue weighted by Crippen LogP contribution is 2.45. The molecule has 17 nitrogen and oxygen atoms in total. The minimum absolute atomic E-state index is 0.107. The van der Waals surface area contributed by atoms with Gasteiger partial charge in [0.1, 0.15) is 19.3 Å². The zero-order valence-corrected chi connectivity index (χ0v) is 71.4. The fourth-order valence-electron chi connectivity index (χ4n) is 13.6. The summed E-state index contributed by atoms with van der Waals surface area (Å²) in [5, 5.41) is 10.7. The van der Waals surface area contributed by atoms with Gasteiger partial charge in [-0.1, -0.05) is 420 Å². The first-order valence-electron chi connectivity index (χ1n) is 45.1. The topological polar surface area (TPSA) is 237 Å². The van der Waals surface area contributed by atoms with Crippen LogP contribution in [0.4, 0.5) is 0 Å². The van der Waals surface area contributed by atoms with E-state index in [1.165, 1.54) is 295 Å². The van der Waals surface area contributed by atoms with Crippen LogP contribution in [0.5, 0.6) is 0 Å². The van der Waals surface area contributed by atoms with Crippen molar-refractivity contribution >= 4 is 39.5 Å². The molecule has 3 N–H and O–H groups in total. The van der Waals surface area contributed by atoms with Crippen LogP contribution in [0, 0.1) is 5.92 Å². The minimum atomic E-state index is -4.97. The first-order chi connectivity index (χ1) is 51.5. The Balaban J connectivity index is 5.24. The van der Waals surface area contributed by atoms with E-state index in [0.29, 0.717) is 25.7 Å². The largest absolute Gasteiger partial charge is 0.472 e. The molecule has 0 bridgehead atoms. The summed E-state index contributed by atoms with van der Waals surface area (Å²) in [7, 11) is -9.93. The van der Waals surface area contributed by atoms with Crippen molar-refractivity contribution in [3.05, 3.63) is 0 Å². The van der Waals surface area contributed by atoms with Crippen molar-refractivity contribution in [1.82, 2.24) is 0 Å². The smallest absolute Gasteiger partial charge is 0.462 e. The van der Waals surface area contributed by atoms with E-state index in [0.717, 1.165) is 95.8 Å². The van der Waals surface area contributed by atoms with Crippen molar-refractivity contribution in [3.63, 3.8) is 0 Å². The van der Waals surface area contributed by atoms with Gasteiger partial charge >= 0.3 is 39.5 Å². The normalized spacial score (nSPS) is 13.7. The fraction of sp³-hybridized carbons (Fsp3) is 0.954. The van der Waals surface area contributed by atoms with Crippen molar-refractivity contribution in [3.8, 4) is 0 Å². The number of carbonyl (C=O) groups is 4. The lowest BCUT2D eigenvalue weighted by Crippen LogP contribution is -2.30. The summed E-state index contributed by atoms with van der Waals surface area (Å²) in [4.78, 5) is 73.3. The van der Waals surface area contributed by atoms with Gasteiger partial charge in [-0.3, -0.25) is 37.3 Å². The molecule has 2 unspecified atom stereocenters. The quantitative estimate of drug-likeness (QED) is 0.0222. The molecule has 0 aliphatic carbocycles. The van der Waals surface area contributed by atoms with Gasteiger partial charge in [0.15, 0.2) is 12.2 Å². The van der Waals surface area contributed by atoms with Crippen LogP contribution in [0.15, 0.2) is 0 Å². The van der Waals surface area contributed by atoms with Gasteiger partial charge < -0.3 is 33.8 Å². The number of aliphatic hydroxyl groups excluding tert-OH is 1. The second-order valence-corrected chi connectivity index (χ2v) is 34.7. The maximum absolute atomic E-state index is 13.2. The second kappa shape index (κ2) is 79.7. The molecule has 0 spiro atoms. The van der Waals surface area contributed by atoms with E-state index in [1.807, 2.05) is 0 Å². The lowest BCUT2D eigenvalue weighted by molar-refractivity contribution is -0.161. The van der Waals surface area contributed by atoms with Gasteiger partial charge in [0.2, 0.25) is 0 Å². The Bertz CT molecular complexity index is 2010. The van der Waals surface area contributed by atoms with Gasteiger partial charge in [-0.05, 0) is 31.6 Å². The summed E-state index contributed by atoms with van der Waals surface area (Å²) in [6.45, 7) is 7.37. The highest BCUT2D eigenvalue weighted by atomic mass is 31.2. The van der Waals surface area contributed by atoms with Crippen LogP contribution in [0.25, 0.3) is 0 Å². The third kappa shape index (κ3) is 80.1. The summed E-state index contributed by atoms with van der Waals surface area (Å²) >= 11 is 0. The number of hydrogen-bond acceptors (Lipinski definition) is 15. The molecule has 106 heavy (non-hydrogen) atoms. The molecule has 0 aliphatic heterocycles. The van der Waals surface area contributed by atoms with Crippen LogP contribution in [0.2, 0.25) is 0 Å². The van der Waals surface area contributed by atoms with E-state index in [1.54, 1.807) is 0 Å². The molecule has 0 rings (SSSR count). The third-order valence-electron chi connectivity index (χ3n) is 20.5. The maximum Gasteiger partial charge on any atom is 0.472 e. The van der Waals surface area contributed by atoms with E-state index in [-0.39, 0.29) is 25.7 Å². The number of hydrogen-bond donors (Lipinski definition) is 3. The van der Waals surface area contributed by atoms with Gasteiger partial charge in [0.25, 0.3) is 0 Å². The van der Waals surface area contributed by atoms with Crippen molar-refractivity contribution in [2.45, 2.75) is 490 Å². The van der Waals surface area contributed by atoms with Gasteiger partial charge in [-0.25, -0.2) is 9.13 Å². The number of carbonyl (C=O) groups excluding carboxylic acids is 4. The van der Waals surface area contributed by atoms with Crippen molar-refractivity contribution < 1.29 is 80.2 Å². The first kappa shape index (κ1) is 104. The summed E-state index contributed by atoms with van der Waals surface area (Å²) in [5.41, 5.74) is 0. The Hall–Kier alpha value is -1.94. The maximum atomic E-state index is 13.2. The summed E-state index contributed by atoms with van der Waals surface area (Å²) in [6.07, 6.45) is 73.6. The fourth-order valence-corrected chi connectivity index (χ4v) is 15.2. The summed E-state index contributed by atoms with van der Waals surface area (Å²) < 4.78 is 68.9. The number of ether oxygens (including phenoxy) is 4. The molecule has 0 amide bonds. The van der Waals surface area contributed by atoms with Gasteiger partial charge in [0.05, 0.1) is 26.4 Å². The highest BCUT2D eigenvalue weighted by Gasteiger charge is 2.30. The van der Waals surface area contributed by atoms with E-state index < -0.39 is 97.5 Å². The van der Waals surface area contributed by atoms with E-state index >= 15 is 0 Å². The Morgan fingerprint density at radius 2 is 0.434 bits per heavy atom. The average molecular weight is 1550 g/mol. The highest BCUT2D eigenvalue weighted by molar-refractivity contribution is 7.47. The molecule has 630 valence electrons. The Labute approximate surface area is 651 Å². The van der Waals surface area contributed by atoms with E-state index in [9.17, 15) is 43.2 Å². The van der Waals surface area contributed by atoms with Gasteiger partial charge in [-0.15, -0.1) is 0 Å². The van der Waals surface area contributed by atoms with Gasteiger partial charge in [-0.2, -0.15) is 0 Å². The SMILES string of the molecule is CCCCCCCCCCCCCCCCCCCCCCC(=O)OC[C@H](COP(=O)(O)OC[C@@H](O)COP(=O)(O)OC[C@@H](COC(=O)CCCCCCCCCCCCCC)OC(=O)CCCCCCCCCCCCCC(C)C)OC(=O)CCCCCCCCCCCCCCCCCCCCCC.